The molecule has 7 nitrogen and oxygen atoms in total. The average Bonchev–Trinajstić information content (AvgIpc) is 2.62. The SMILES string of the molecule is CCOc1ccc(NS(=O)(=O)c2cc3c(cc2Cl)N(C(C)=O)CCO3)cc1. The number of carbonyl (C=O) groups is 1. The van der Waals surface area contributed by atoms with Gasteiger partial charge in [0.05, 0.1) is 23.9 Å². The van der Waals surface area contributed by atoms with Crippen molar-refractivity contribution in [2.45, 2.75) is 18.7 Å². The van der Waals surface area contributed by atoms with Crippen molar-refractivity contribution in [3.63, 3.8) is 0 Å². The van der Waals surface area contributed by atoms with Crippen molar-refractivity contribution in [1.82, 2.24) is 0 Å². The zero-order chi connectivity index (χ0) is 19.6. The summed E-state index contributed by atoms with van der Waals surface area (Å²) in [6.45, 7) is 4.48. The second-order valence-corrected chi connectivity index (χ2v) is 7.89. The van der Waals surface area contributed by atoms with E-state index in [1.165, 1.54) is 24.0 Å². The van der Waals surface area contributed by atoms with E-state index in [1.807, 2.05) is 6.92 Å². The standard InChI is InChI=1S/C18H19ClN2O5S/c1-3-25-14-6-4-13(5-7-14)20-27(23,24)18-11-17-16(10-15(18)19)21(12(2)22)8-9-26-17/h4-7,10-11,20H,3,8-9H2,1-2H3. The van der Waals surface area contributed by atoms with Gasteiger partial charge in [-0.2, -0.15) is 0 Å². The molecule has 0 unspecified atom stereocenters. The zero-order valence-corrected chi connectivity index (χ0v) is 16.4. The van der Waals surface area contributed by atoms with Crippen LogP contribution in [0.25, 0.3) is 0 Å². The van der Waals surface area contributed by atoms with Gasteiger partial charge >= 0.3 is 0 Å². The summed E-state index contributed by atoms with van der Waals surface area (Å²) in [4.78, 5) is 13.1. The lowest BCUT2D eigenvalue weighted by Gasteiger charge is -2.29. The fourth-order valence-electron chi connectivity index (χ4n) is 2.75. The van der Waals surface area contributed by atoms with Crippen LogP contribution in [0.4, 0.5) is 11.4 Å². The van der Waals surface area contributed by atoms with Crippen molar-refractivity contribution in [2.75, 3.05) is 29.4 Å². The quantitative estimate of drug-likeness (QED) is 0.817. The molecular formula is C18H19ClN2O5S. The molecular weight excluding hydrogens is 392 g/mol. The Hall–Kier alpha value is -2.45. The fraction of sp³-hybridized carbons (Fsp3) is 0.278. The maximum absolute atomic E-state index is 12.8. The first-order chi connectivity index (χ1) is 12.8. The largest absolute Gasteiger partial charge is 0.494 e. The Morgan fingerprint density at radius 1 is 1.30 bits per heavy atom. The van der Waals surface area contributed by atoms with Crippen molar-refractivity contribution in [3.05, 3.63) is 41.4 Å². The van der Waals surface area contributed by atoms with E-state index in [1.54, 1.807) is 24.3 Å². The minimum Gasteiger partial charge on any atom is -0.494 e. The van der Waals surface area contributed by atoms with Gasteiger partial charge in [0.2, 0.25) is 5.91 Å². The van der Waals surface area contributed by atoms with Gasteiger partial charge in [-0.25, -0.2) is 8.42 Å². The van der Waals surface area contributed by atoms with Crippen molar-refractivity contribution in [3.8, 4) is 11.5 Å². The maximum Gasteiger partial charge on any atom is 0.263 e. The highest BCUT2D eigenvalue weighted by molar-refractivity contribution is 7.92. The first-order valence-electron chi connectivity index (χ1n) is 8.32. The summed E-state index contributed by atoms with van der Waals surface area (Å²) in [7, 11) is -3.95. The summed E-state index contributed by atoms with van der Waals surface area (Å²) in [5, 5.41) is 0.00364. The molecule has 27 heavy (non-hydrogen) atoms. The van der Waals surface area contributed by atoms with Crippen LogP contribution in [0.1, 0.15) is 13.8 Å². The van der Waals surface area contributed by atoms with Crippen LogP contribution in [0.3, 0.4) is 0 Å². The van der Waals surface area contributed by atoms with E-state index in [2.05, 4.69) is 4.72 Å². The summed E-state index contributed by atoms with van der Waals surface area (Å²) >= 11 is 6.22. The smallest absolute Gasteiger partial charge is 0.263 e. The second-order valence-electron chi connectivity index (χ2n) is 5.83. The van der Waals surface area contributed by atoms with Crippen LogP contribution in [-0.2, 0) is 14.8 Å². The third-order valence-electron chi connectivity index (χ3n) is 3.96. The molecule has 0 saturated carbocycles. The van der Waals surface area contributed by atoms with Crippen molar-refractivity contribution in [1.29, 1.82) is 0 Å². The van der Waals surface area contributed by atoms with Gasteiger partial charge in [0.15, 0.2) is 0 Å². The fourth-order valence-corrected chi connectivity index (χ4v) is 4.34. The number of hydrogen-bond donors (Lipinski definition) is 1. The van der Waals surface area contributed by atoms with Gasteiger partial charge in [0.1, 0.15) is 23.0 Å². The minimum absolute atomic E-state index is 0.00364. The van der Waals surface area contributed by atoms with E-state index < -0.39 is 10.0 Å². The predicted molar refractivity (Wildman–Crippen MR) is 103 cm³/mol. The van der Waals surface area contributed by atoms with E-state index in [0.29, 0.717) is 36.0 Å². The van der Waals surface area contributed by atoms with E-state index >= 15 is 0 Å². The van der Waals surface area contributed by atoms with Crippen LogP contribution in [0.15, 0.2) is 41.3 Å². The third kappa shape index (κ3) is 4.12. The zero-order valence-electron chi connectivity index (χ0n) is 14.9. The van der Waals surface area contributed by atoms with E-state index in [4.69, 9.17) is 21.1 Å². The van der Waals surface area contributed by atoms with Crippen molar-refractivity contribution < 1.29 is 22.7 Å². The summed E-state index contributed by atoms with van der Waals surface area (Å²) in [6, 6.07) is 9.31. The number of fused-ring (bicyclic) bond motifs is 1. The van der Waals surface area contributed by atoms with Crippen LogP contribution in [0, 0.1) is 0 Å². The van der Waals surface area contributed by atoms with Crippen LogP contribution >= 0.6 is 11.6 Å². The molecule has 1 N–H and O–H groups in total. The maximum atomic E-state index is 12.8. The Bertz CT molecular complexity index is 960. The third-order valence-corrected chi connectivity index (χ3v) is 5.81. The number of sulfonamides is 1. The first-order valence-corrected chi connectivity index (χ1v) is 10.2. The van der Waals surface area contributed by atoms with Crippen LogP contribution in [0.5, 0.6) is 11.5 Å². The highest BCUT2D eigenvalue weighted by Crippen LogP contribution is 2.38. The number of benzene rings is 2. The Morgan fingerprint density at radius 2 is 2.00 bits per heavy atom. The minimum atomic E-state index is -3.95. The number of amides is 1. The molecule has 0 atom stereocenters. The molecule has 2 aromatic carbocycles. The number of nitrogens with zero attached hydrogens (tertiary/aromatic N) is 1. The van der Waals surface area contributed by atoms with Gasteiger partial charge in [0, 0.05) is 18.7 Å². The predicted octanol–water partition coefficient (Wildman–Crippen LogP) is 3.28. The number of rotatable bonds is 5. The van der Waals surface area contributed by atoms with E-state index in [0.717, 1.165) is 0 Å². The van der Waals surface area contributed by atoms with E-state index in [-0.39, 0.29) is 22.4 Å². The Kier molecular flexibility index (Phi) is 5.48. The number of anilines is 2. The van der Waals surface area contributed by atoms with Gasteiger partial charge in [-0.05, 0) is 37.3 Å². The Balaban J connectivity index is 1.91. The summed E-state index contributed by atoms with van der Waals surface area (Å²) < 4.78 is 38.9. The van der Waals surface area contributed by atoms with Crippen molar-refractivity contribution >= 4 is 38.9 Å². The molecule has 0 aromatic heterocycles. The number of hydrogen-bond acceptors (Lipinski definition) is 5. The molecule has 1 heterocycles. The molecule has 2 aromatic rings. The molecule has 1 aliphatic rings. The van der Waals surface area contributed by atoms with Crippen molar-refractivity contribution in [2.24, 2.45) is 0 Å². The molecule has 0 aliphatic carbocycles. The highest BCUT2D eigenvalue weighted by Gasteiger charge is 2.27. The van der Waals surface area contributed by atoms with Crippen LogP contribution < -0.4 is 19.1 Å². The van der Waals surface area contributed by atoms with E-state index in [9.17, 15) is 13.2 Å². The average molecular weight is 411 g/mol. The van der Waals surface area contributed by atoms with Crippen LogP contribution in [-0.4, -0.2) is 34.1 Å². The Labute approximate surface area is 162 Å². The lowest BCUT2D eigenvalue weighted by atomic mass is 10.2. The molecule has 9 heteroatoms. The molecule has 0 saturated heterocycles. The molecule has 3 rings (SSSR count). The Morgan fingerprint density at radius 3 is 2.63 bits per heavy atom. The summed E-state index contributed by atoms with van der Waals surface area (Å²) in [6.07, 6.45) is 0. The highest BCUT2D eigenvalue weighted by atomic mass is 35.5. The van der Waals surface area contributed by atoms with Crippen LogP contribution in [0.2, 0.25) is 5.02 Å². The molecule has 1 aliphatic heterocycles. The topological polar surface area (TPSA) is 84.9 Å². The van der Waals surface area contributed by atoms with Gasteiger partial charge in [-0.3, -0.25) is 9.52 Å². The van der Waals surface area contributed by atoms with Gasteiger partial charge < -0.3 is 14.4 Å². The number of halogens is 1. The lowest BCUT2D eigenvalue weighted by molar-refractivity contribution is -0.116. The molecule has 0 spiro atoms. The monoisotopic (exact) mass is 410 g/mol. The number of ether oxygens (including phenoxy) is 2. The van der Waals surface area contributed by atoms with Gasteiger partial charge in [0.25, 0.3) is 10.0 Å². The molecule has 0 bridgehead atoms. The lowest BCUT2D eigenvalue weighted by Crippen LogP contribution is -2.36. The normalized spacial score (nSPS) is 13.5. The molecule has 0 radical (unpaired) electrons. The van der Waals surface area contributed by atoms with Gasteiger partial charge in [-0.1, -0.05) is 11.6 Å². The molecule has 144 valence electrons. The summed E-state index contributed by atoms with van der Waals surface area (Å²) in [5.74, 6) is 0.775. The molecule has 0 fully saturated rings. The number of carbonyl (C=O) groups excluding carboxylic acids is 1. The van der Waals surface area contributed by atoms with Gasteiger partial charge in [-0.15, -0.1) is 0 Å². The summed E-state index contributed by atoms with van der Waals surface area (Å²) in [5.41, 5.74) is 0.831. The molecule has 1 amide bonds. The second kappa shape index (κ2) is 7.66. The first kappa shape index (κ1) is 19.3. The number of nitrogens with one attached hydrogen (secondary N) is 1.